The first-order chi connectivity index (χ1) is 7.29. The van der Waals surface area contributed by atoms with Crippen LogP contribution in [-0.2, 0) is 11.3 Å². The van der Waals surface area contributed by atoms with Crippen LogP contribution in [0.3, 0.4) is 0 Å². The van der Waals surface area contributed by atoms with Crippen LogP contribution >= 0.6 is 11.3 Å². The number of nitrogens with zero attached hydrogens (tertiary/aromatic N) is 1. The Morgan fingerprint density at radius 2 is 2.53 bits per heavy atom. The van der Waals surface area contributed by atoms with E-state index in [4.69, 9.17) is 4.74 Å². The molecule has 5 heteroatoms. The van der Waals surface area contributed by atoms with Crippen molar-refractivity contribution in [2.24, 2.45) is 0 Å². The Hall–Kier alpha value is -1.10. The van der Waals surface area contributed by atoms with Gasteiger partial charge in [-0.05, 0) is 19.8 Å². The number of hydrogen-bond acceptors (Lipinski definition) is 4. The van der Waals surface area contributed by atoms with Gasteiger partial charge >= 0.3 is 6.09 Å². The number of thiazole rings is 1. The van der Waals surface area contributed by atoms with Gasteiger partial charge in [0, 0.05) is 11.3 Å². The first kappa shape index (κ1) is 10.4. The van der Waals surface area contributed by atoms with Gasteiger partial charge in [0.2, 0.25) is 0 Å². The van der Waals surface area contributed by atoms with Crippen molar-refractivity contribution in [1.29, 1.82) is 0 Å². The maximum absolute atomic E-state index is 11.0. The number of rotatable bonds is 4. The molecule has 1 heterocycles. The quantitative estimate of drug-likeness (QED) is 0.856. The predicted octanol–water partition coefficient (Wildman–Crippen LogP) is 2.27. The van der Waals surface area contributed by atoms with Crippen LogP contribution in [0, 0.1) is 0 Å². The number of hydrogen-bond donors (Lipinski definition) is 1. The smallest absolute Gasteiger partial charge is 0.407 e. The molecule has 2 rings (SSSR count). The molecule has 0 spiro atoms. The average Bonchev–Trinajstić information content (AvgIpc) is 2.96. The van der Waals surface area contributed by atoms with E-state index in [-0.39, 0.29) is 6.09 Å². The van der Waals surface area contributed by atoms with Gasteiger partial charge in [-0.1, -0.05) is 0 Å². The minimum atomic E-state index is -0.376. The van der Waals surface area contributed by atoms with Crippen LogP contribution in [0.4, 0.5) is 4.79 Å². The highest BCUT2D eigenvalue weighted by atomic mass is 32.1. The summed E-state index contributed by atoms with van der Waals surface area (Å²) >= 11 is 1.68. The standard InChI is InChI=1S/C10H14N2O2S/c1-2-14-10(13)11-5-8-6-15-9(12-8)7-3-4-7/h6-7H,2-5H2,1H3,(H,11,13). The summed E-state index contributed by atoms with van der Waals surface area (Å²) in [5.74, 6) is 0.686. The minimum absolute atomic E-state index is 0.376. The van der Waals surface area contributed by atoms with Crippen molar-refractivity contribution in [2.45, 2.75) is 32.2 Å². The molecule has 1 aromatic rings. The number of nitrogens with one attached hydrogen (secondary N) is 1. The summed E-state index contributed by atoms with van der Waals surface area (Å²) in [7, 11) is 0. The van der Waals surface area contributed by atoms with Gasteiger partial charge in [-0.3, -0.25) is 0 Å². The molecular weight excluding hydrogens is 212 g/mol. The molecule has 0 radical (unpaired) electrons. The van der Waals surface area contributed by atoms with Crippen molar-refractivity contribution in [1.82, 2.24) is 10.3 Å². The van der Waals surface area contributed by atoms with Crippen LogP contribution in [0.5, 0.6) is 0 Å². The maximum Gasteiger partial charge on any atom is 0.407 e. The molecule has 0 unspecified atom stereocenters. The number of aromatic nitrogens is 1. The molecule has 0 atom stereocenters. The third-order valence-electron chi connectivity index (χ3n) is 2.19. The summed E-state index contributed by atoms with van der Waals surface area (Å²) in [6.45, 7) is 2.64. The summed E-state index contributed by atoms with van der Waals surface area (Å²) in [6, 6.07) is 0. The van der Waals surface area contributed by atoms with E-state index in [0.717, 1.165) is 5.69 Å². The summed E-state index contributed by atoms with van der Waals surface area (Å²) in [5, 5.41) is 5.86. The highest BCUT2D eigenvalue weighted by molar-refractivity contribution is 7.09. The zero-order chi connectivity index (χ0) is 10.7. The predicted molar refractivity (Wildman–Crippen MR) is 58.0 cm³/mol. The molecule has 82 valence electrons. The van der Waals surface area contributed by atoms with E-state index < -0.39 is 0 Å². The van der Waals surface area contributed by atoms with Crippen LogP contribution < -0.4 is 5.32 Å². The van der Waals surface area contributed by atoms with E-state index in [0.29, 0.717) is 19.1 Å². The first-order valence-corrected chi connectivity index (χ1v) is 6.02. The van der Waals surface area contributed by atoms with Crippen LogP contribution in [0.1, 0.15) is 36.4 Å². The lowest BCUT2D eigenvalue weighted by molar-refractivity contribution is 0.151. The SMILES string of the molecule is CCOC(=O)NCc1csc(C2CC2)n1. The lowest BCUT2D eigenvalue weighted by atomic mass is 10.4. The topological polar surface area (TPSA) is 51.2 Å². The Bertz CT molecular complexity index is 347. The van der Waals surface area contributed by atoms with E-state index >= 15 is 0 Å². The van der Waals surface area contributed by atoms with E-state index in [9.17, 15) is 4.79 Å². The van der Waals surface area contributed by atoms with E-state index in [1.54, 1.807) is 18.3 Å². The molecule has 1 aromatic heterocycles. The van der Waals surface area contributed by atoms with Crippen LogP contribution in [0.15, 0.2) is 5.38 Å². The molecule has 1 amide bonds. The van der Waals surface area contributed by atoms with Crippen molar-refractivity contribution < 1.29 is 9.53 Å². The molecule has 1 N–H and O–H groups in total. The Kier molecular flexibility index (Phi) is 3.20. The van der Waals surface area contributed by atoms with Gasteiger partial charge in [0.1, 0.15) is 0 Å². The fourth-order valence-electron chi connectivity index (χ4n) is 1.27. The molecular formula is C10H14N2O2S. The Morgan fingerprint density at radius 3 is 3.20 bits per heavy atom. The molecule has 0 saturated heterocycles. The average molecular weight is 226 g/mol. The van der Waals surface area contributed by atoms with Crippen LogP contribution in [0.2, 0.25) is 0 Å². The van der Waals surface area contributed by atoms with Crippen molar-refractivity contribution in [2.75, 3.05) is 6.61 Å². The Balaban J connectivity index is 1.80. The Labute approximate surface area is 92.7 Å². The number of amides is 1. The first-order valence-electron chi connectivity index (χ1n) is 5.14. The summed E-state index contributed by atoms with van der Waals surface area (Å²) in [4.78, 5) is 15.5. The van der Waals surface area contributed by atoms with Crippen molar-refractivity contribution >= 4 is 17.4 Å². The second-order valence-electron chi connectivity index (χ2n) is 3.53. The molecule has 0 aliphatic heterocycles. The summed E-state index contributed by atoms with van der Waals surface area (Å²) in [5.41, 5.74) is 0.926. The highest BCUT2D eigenvalue weighted by Gasteiger charge is 2.26. The molecule has 1 fully saturated rings. The second-order valence-corrected chi connectivity index (χ2v) is 4.42. The van der Waals surface area contributed by atoms with Gasteiger partial charge in [-0.25, -0.2) is 9.78 Å². The molecule has 1 aliphatic rings. The van der Waals surface area contributed by atoms with Gasteiger partial charge in [0.25, 0.3) is 0 Å². The number of ether oxygens (including phenoxy) is 1. The highest BCUT2D eigenvalue weighted by Crippen LogP contribution is 2.41. The van der Waals surface area contributed by atoms with Crippen molar-refractivity contribution in [3.05, 3.63) is 16.1 Å². The van der Waals surface area contributed by atoms with Gasteiger partial charge in [-0.15, -0.1) is 11.3 Å². The number of alkyl carbamates (subject to hydrolysis) is 1. The third kappa shape index (κ3) is 2.92. The largest absolute Gasteiger partial charge is 0.450 e. The van der Waals surface area contributed by atoms with Gasteiger partial charge < -0.3 is 10.1 Å². The van der Waals surface area contributed by atoms with Crippen LogP contribution in [0.25, 0.3) is 0 Å². The second kappa shape index (κ2) is 4.61. The monoisotopic (exact) mass is 226 g/mol. The summed E-state index contributed by atoms with van der Waals surface area (Å²) < 4.78 is 4.76. The third-order valence-corrected chi connectivity index (χ3v) is 3.24. The normalized spacial score (nSPS) is 15.0. The summed E-state index contributed by atoms with van der Waals surface area (Å²) in [6.07, 6.45) is 2.15. The lowest BCUT2D eigenvalue weighted by Crippen LogP contribution is -2.23. The van der Waals surface area contributed by atoms with E-state index in [2.05, 4.69) is 10.3 Å². The molecule has 4 nitrogen and oxygen atoms in total. The molecule has 1 saturated carbocycles. The van der Waals surface area contributed by atoms with Crippen LogP contribution in [-0.4, -0.2) is 17.7 Å². The minimum Gasteiger partial charge on any atom is -0.450 e. The lowest BCUT2D eigenvalue weighted by Gasteiger charge is -2.02. The number of carbonyl (C=O) groups is 1. The molecule has 1 aliphatic carbocycles. The van der Waals surface area contributed by atoms with E-state index in [1.165, 1.54) is 17.8 Å². The van der Waals surface area contributed by atoms with Crippen molar-refractivity contribution in [3.63, 3.8) is 0 Å². The fourth-order valence-corrected chi connectivity index (χ4v) is 2.26. The number of carbonyl (C=O) groups excluding carboxylic acids is 1. The molecule has 15 heavy (non-hydrogen) atoms. The van der Waals surface area contributed by atoms with Gasteiger partial charge in [0.05, 0.1) is 23.9 Å². The maximum atomic E-state index is 11.0. The van der Waals surface area contributed by atoms with Gasteiger partial charge in [0.15, 0.2) is 0 Å². The zero-order valence-corrected chi connectivity index (χ0v) is 9.47. The van der Waals surface area contributed by atoms with Gasteiger partial charge in [-0.2, -0.15) is 0 Å². The van der Waals surface area contributed by atoms with Crippen molar-refractivity contribution in [3.8, 4) is 0 Å². The molecule has 0 aromatic carbocycles. The van der Waals surface area contributed by atoms with E-state index in [1.807, 2.05) is 5.38 Å². The Morgan fingerprint density at radius 1 is 1.73 bits per heavy atom. The zero-order valence-electron chi connectivity index (χ0n) is 8.66. The molecule has 0 bridgehead atoms. The fraction of sp³-hybridized carbons (Fsp3) is 0.600.